The smallest absolute Gasteiger partial charge is 0.0465 e. The first-order valence-electron chi connectivity index (χ1n) is 6.13. The number of nitrogens with one attached hydrogen (secondary N) is 1. The van der Waals surface area contributed by atoms with Gasteiger partial charge in [-0.25, -0.2) is 0 Å². The molecule has 0 saturated heterocycles. The zero-order chi connectivity index (χ0) is 10.2. The van der Waals surface area contributed by atoms with Crippen molar-refractivity contribution in [2.75, 3.05) is 20.3 Å². The van der Waals surface area contributed by atoms with Gasteiger partial charge in [0.2, 0.25) is 0 Å². The number of ether oxygens (including phenoxy) is 1. The standard InChI is InChI=1S/C12H25NO/c1-3-14-10-6-4-5-7-12(13-2)11-8-9-11/h11-13H,3-10H2,1-2H3. The lowest BCUT2D eigenvalue weighted by Gasteiger charge is -2.14. The summed E-state index contributed by atoms with van der Waals surface area (Å²) in [6.07, 6.45) is 8.16. The van der Waals surface area contributed by atoms with E-state index in [0.29, 0.717) is 0 Å². The quantitative estimate of drug-likeness (QED) is 0.576. The maximum atomic E-state index is 5.31. The zero-order valence-electron chi connectivity index (χ0n) is 9.72. The molecule has 0 amide bonds. The van der Waals surface area contributed by atoms with Gasteiger partial charge in [-0.05, 0) is 45.6 Å². The minimum Gasteiger partial charge on any atom is -0.382 e. The fourth-order valence-corrected chi connectivity index (χ4v) is 2.00. The highest BCUT2D eigenvalue weighted by Gasteiger charge is 2.29. The molecule has 0 aromatic heterocycles. The molecule has 14 heavy (non-hydrogen) atoms. The van der Waals surface area contributed by atoms with Gasteiger partial charge in [0.25, 0.3) is 0 Å². The number of hydrogen-bond donors (Lipinski definition) is 1. The topological polar surface area (TPSA) is 21.3 Å². The molecule has 0 aromatic carbocycles. The van der Waals surface area contributed by atoms with E-state index in [4.69, 9.17) is 4.74 Å². The van der Waals surface area contributed by atoms with Gasteiger partial charge in [0.1, 0.15) is 0 Å². The third-order valence-electron chi connectivity index (χ3n) is 3.07. The van der Waals surface area contributed by atoms with E-state index in [9.17, 15) is 0 Å². The first kappa shape index (κ1) is 12.0. The van der Waals surface area contributed by atoms with Gasteiger partial charge in [0.15, 0.2) is 0 Å². The number of unbranched alkanes of at least 4 members (excludes halogenated alkanes) is 2. The van der Waals surface area contributed by atoms with Crippen LogP contribution in [-0.2, 0) is 4.74 Å². The van der Waals surface area contributed by atoms with Gasteiger partial charge in [0, 0.05) is 19.3 Å². The minimum atomic E-state index is 0.794. The van der Waals surface area contributed by atoms with Crippen LogP contribution in [0.2, 0.25) is 0 Å². The normalized spacial score (nSPS) is 18.4. The van der Waals surface area contributed by atoms with Crippen molar-refractivity contribution in [2.45, 2.75) is 51.5 Å². The summed E-state index contributed by atoms with van der Waals surface area (Å²) in [5.74, 6) is 0.992. The largest absolute Gasteiger partial charge is 0.382 e. The van der Waals surface area contributed by atoms with Gasteiger partial charge in [-0.2, -0.15) is 0 Å². The zero-order valence-corrected chi connectivity index (χ0v) is 9.72. The van der Waals surface area contributed by atoms with E-state index < -0.39 is 0 Å². The molecule has 1 saturated carbocycles. The molecule has 1 aliphatic carbocycles. The van der Waals surface area contributed by atoms with Crippen molar-refractivity contribution in [3.8, 4) is 0 Å². The highest BCUT2D eigenvalue weighted by Crippen LogP contribution is 2.34. The Balaban J connectivity index is 1.86. The molecule has 1 atom stereocenters. The van der Waals surface area contributed by atoms with E-state index in [-0.39, 0.29) is 0 Å². The summed E-state index contributed by atoms with van der Waals surface area (Å²) < 4.78 is 5.31. The summed E-state index contributed by atoms with van der Waals surface area (Å²) >= 11 is 0. The van der Waals surface area contributed by atoms with Gasteiger partial charge in [-0.3, -0.25) is 0 Å². The van der Waals surface area contributed by atoms with Crippen LogP contribution < -0.4 is 5.32 Å². The molecule has 1 aliphatic rings. The molecule has 2 nitrogen and oxygen atoms in total. The van der Waals surface area contributed by atoms with Crippen LogP contribution in [0.4, 0.5) is 0 Å². The van der Waals surface area contributed by atoms with Gasteiger partial charge in [-0.1, -0.05) is 12.8 Å². The van der Waals surface area contributed by atoms with Gasteiger partial charge >= 0.3 is 0 Å². The Morgan fingerprint density at radius 2 is 2.07 bits per heavy atom. The summed E-state index contributed by atoms with van der Waals surface area (Å²) in [6, 6.07) is 0.794. The summed E-state index contributed by atoms with van der Waals surface area (Å²) in [5.41, 5.74) is 0. The Morgan fingerprint density at radius 3 is 2.64 bits per heavy atom. The van der Waals surface area contributed by atoms with Crippen molar-refractivity contribution >= 4 is 0 Å². The minimum absolute atomic E-state index is 0.794. The lowest BCUT2D eigenvalue weighted by atomic mass is 10.0. The third kappa shape index (κ3) is 4.97. The van der Waals surface area contributed by atoms with Crippen LogP contribution in [0.15, 0.2) is 0 Å². The fraction of sp³-hybridized carbons (Fsp3) is 1.00. The second kappa shape index (κ2) is 7.24. The summed E-state index contributed by atoms with van der Waals surface area (Å²) in [5, 5.41) is 3.43. The lowest BCUT2D eigenvalue weighted by molar-refractivity contribution is 0.142. The molecule has 0 aliphatic heterocycles. The molecule has 0 aromatic rings. The molecule has 0 radical (unpaired) electrons. The van der Waals surface area contributed by atoms with Crippen LogP contribution in [-0.4, -0.2) is 26.3 Å². The monoisotopic (exact) mass is 199 g/mol. The maximum absolute atomic E-state index is 5.31. The van der Waals surface area contributed by atoms with E-state index in [1.807, 2.05) is 0 Å². The predicted octanol–water partition coefficient (Wildman–Crippen LogP) is 2.58. The van der Waals surface area contributed by atoms with Crippen molar-refractivity contribution < 1.29 is 4.74 Å². The summed E-state index contributed by atoms with van der Waals surface area (Å²) in [7, 11) is 2.10. The van der Waals surface area contributed by atoms with Crippen LogP contribution >= 0.6 is 0 Å². The number of hydrogen-bond acceptors (Lipinski definition) is 2. The van der Waals surface area contributed by atoms with Crippen molar-refractivity contribution in [3.63, 3.8) is 0 Å². The first-order valence-corrected chi connectivity index (χ1v) is 6.13. The Bertz CT molecular complexity index is 134. The van der Waals surface area contributed by atoms with Crippen molar-refractivity contribution in [1.82, 2.24) is 5.32 Å². The SMILES string of the molecule is CCOCCCCCC(NC)C1CC1. The van der Waals surface area contributed by atoms with Crippen LogP contribution in [0.25, 0.3) is 0 Å². The van der Waals surface area contributed by atoms with E-state index in [1.165, 1.54) is 38.5 Å². The molecule has 1 unspecified atom stereocenters. The van der Waals surface area contributed by atoms with E-state index in [2.05, 4.69) is 19.3 Å². The molecular weight excluding hydrogens is 174 g/mol. The molecule has 0 spiro atoms. The van der Waals surface area contributed by atoms with Crippen LogP contribution in [0.5, 0.6) is 0 Å². The van der Waals surface area contributed by atoms with Gasteiger partial charge in [0.05, 0.1) is 0 Å². The predicted molar refractivity (Wildman–Crippen MR) is 60.5 cm³/mol. The highest BCUT2D eigenvalue weighted by atomic mass is 16.5. The van der Waals surface area contributed by atoms with Crippen molar-refractivity contribution in [1.29, 1.82) is 0 Å². The van der Waals surface area contributed by atoms with Crippen molar-refractivity contribution in [2.24, 2.45) is 5.92 Å². The van der Waals surface area contributed by atoms with Gasteiger partial charge < -0.3 is 10.1 Å². The van der Waals surface area contributed by atoms with Crippen LogP contribution in [0.3, 0.4) is 0 Å². The average molecular weight is 199 g/mol. The van der Waals surface area contributed by atoms with Crippen molar-refractivity contribution in [3.05, 3.63) is 0 Å². The molecule has 2 heteroatoms. The Labute approximate surface area is 88.4 Å². The Morgan fingerprint density at radius 1 is 1.29 bits per heavy atom. The summed E-state index contributed by atoms with van der Waals surface area (Å²) in [4.78, 5) is 0. The Kier molecular flexibility index (Phi) is 6.20. The first-order chi connectivity index (χ1) is 6.88. The fourth-order valence-electron chi connectivity index (χ4n) is 2.00. The lowest BCUT2D eigenvalue weighted by Crippen LogP contribution is -2.27. The number of rotatable bonds is 9. The molecule has 1 rings (SSSR count). The molecular formula is C12H25NO. The van der Waals surface area contributed by atoms with Crippen LogP contribution in [0, 0.1) is 5.92 Å². The van der Waals surface area contributed by atoms with E-state index in [1.54, 1.807) is 0 Å². The molecule has 0 bridgehead atoms. The molecule has 1 fully saturated rings. The second-order valence-corrected chi connectivity index (χ2v) is 4.28. The average Bonchev–Trinajstić information content (AvgIpc) is 3.01. The Hall–Kier alpha value is -0.0800. The maximum Gasteiger partial charge on any atom is 0.0465 e. The molecule has 84 valence electrons. The molecule has 0 heterocycles. The second-order valence-electron chi connectivity index (χ2n) is 4.28. The third-order valence-corrected chi connectivity index (χ3v) is 3.07. The summed E-state index contributed by atoms with van der Waals surface area (Å²) in [6.45, 7) is 3.87. The van der Waals surface area contributed by atoms with E-state index >= 15 is 0 Å². The van der Waals surface area contributed by atoms with Gasteiger partial charge in [-0.15, -0.1) is 0 Å². The molecule has 1 N–H and O–H groups in total. The van der Waals surface area contributed by atoms with E-state index in [0.717, 1.165) is 25.2 Å². The highest BCUT2D eigenvalue weighted by molar-refractivity contribution is 4.85. The van der Waals surface area contributed by atoms with Crippen LogP contribution in [0.1, 0.15) is 45.4 Å².